The third-order valence-corrected chi connectivity index (χ3v) is 4.98. The Kier molecular flexibility index (Phi) is 4.97. The van der Waals surface area contributed by atoms with Crippen LogP contribution in [0.4, 0.5) is 0 Å². The van der Waals surface area contributed by atoms with Gasteiger partial charge in [0, 0.05) is 30.1 Å². The van der Waals surface area contributed by atoms with Gasteiger partial charge in [0.1, 0.15) is 0 Å². The van der Waals surface area contributed by atoms with E-state index in [0.717, 1.165) is 34.2 Å². The van der Waals surface area contributed by atoms with Gasteiger partial charge in [-0.05, 0) is 38.1 Å². The fraction of sp³-hybridized carbons (Fsp3) is 0.211. The molecule has 0 fully saturated rings. The van der Waals surface area contributed by atoms with E-state index in [4.69, 9.17) is 4.42 Å². The SMILES string of the molecule is CCn1c(SCc2nnc(-c3cccc(C)c3)o2)nnc1-c1ccncc1. The highest BCUT2D eigenvalue weighted by atomic mass is 32.2. The Morgan fingerprint density at radius 2 is 1.85 bits per heavy atom. The van der Waals surface area contributed by atoms with Crippen LogP contribution < -0.4 is 0 Å². The Labute approximate surface area is 160 Å². The smallest absolute Gasteiger partial charge is 0.247 e. The molecule has 0 spiro atoms. The molecule has 0 bridgehead atoms. The van der Waals surface area contributed by atoms with Crippen LogP contribution in [0.15, 0.2) is 58.4 Å². The Hall–Kier alpha value is -3.00. The molecule has 3 heterocycles. The second kappa shape index (κ2) is 7.71. The summed E-state index contributed by atoms with van der Waals surface area (Å²) in [7, 11) is 0. The van der Waals surface area contributed by atoms with Crippen LogP contribution in [0.3, 0.4) is 0 Å². The van der Waals surface area contributed by atoms with E-state index in [1.54, 1.807) is 12.4 Å². The highest BCUT2D eigenvalue weighted by Crippen LogP contribution is 2.27. The molecule has 136 valence electrons. The fourth-order valence-corrected chi connectivity index (χ4v) is 3.57. The lowest BCUT2D eigenvalue weighted by molar-refractivity contribution is 0.528. The van der Waals surface area contributed by atoms with Crippen molar-refractivity contribution in [2.24, 2.45) is 0 Å². The Balaban J connectivity index is 1.51. The summed E-state index contributed by atoms with van der Waals surface area (Å²) in [6, 6.07) is 11.9. The molecular formula is C19H18N6OS. The van der Waals surface area contributed by atoms with Gasteiger partial charge in [-0.3, -0.25) is 4.98 Å². The summed E-state index contributed by atoms with van der Waals surface area (Å²) < 4.78 is 7.87. The van der Waals surface area contributed by atoms with Crippen LogP contribution in [-0.4, -0.2) is 29.9 Å². The van der Waals surface area contributed by atoms with Gasteiger partial charge in [0.2, 0.25) is 11.8 Å². The summed E-state index contributed by atoms with van der Waals surface area (Å²) in [5.74, 6) is 2.46. The molecule has 3 aromatic heterocycles. The van der Waals surface area contributed by atoms with Gasteiger partial charge in [-0.15, -0.1) is 20.4 Å². The van der Waals surface area contributed by atoms with Gasteiger partial charge in [0.25, 0.3) is 0 Å². The summed E-state index contributed by atoms with van der Waals surface area (Å²) in [5.41, 5.74) is 3.07. The van der Waals surface area contributed by atoms with Crippen LogP contribution in [0.2, 0.25) is 0 Å². The van der Waals surface area contributed by atoms with Gasteiger partial charge in [-0.2, -0.15) is 0 Å². The van der Waals surface area contributed by atoms with Crippen LogP contribution >= 0.6 is 11.8 Å². The average Bonchev–Trinajstić information content (AvgIpc) is 3.34. The molecule has 0 aliphatic heterocycles. The maximum absolute atomic E-state index is 5.80. The number of aryl methyl sites for hydroxylation is 1. The summed E-state index contributed by atoms with van der Waals surface area (Å²) >= 11 is 1.53. The average molecular weight is 378 g/mol. The quantitative estimate of drug-likeness (QED) is 0.469. The highest BCUT2D eigenvalue weighted by Gasteiger charge is 2.15. The molecule has 7 nitrogen and oxygen atoms in total. The van der Waals surface area contributed by atoms with E-state index in [1.165, 1.54) is 11.8 Å². The molecule has 0 radical (unpaired) electrons. The van der Waals surface area contributed by atoms with Gasteiger partial charge in [-0.1, -0.05) is 29.5 Å². The Morgan fingerprint density at radius 3 is 2.63 bits per heavy atom. The number of pyridine rings is 1. The lowest BCUT2D eigenvalue weighted by Gasteiger charge is -2.06. The number of aromatic nitrogens is 6. The number of thioether (sulfide) groups is 1. The number of rotatable bonds is 6. The normalized spacial score (nSPS) is 11.0. The molecule has 0 unspecified atom stereocenters. The van der Waals surface area contributed by atoms with Crippen molar-refractivity contribution in [3.8, 4) is 22.8 Å². The van der Waals surface area contributed by atoms with Crippen molar-refractivity contribution in [3.63, 3.8) is 0 Å². The van der Waals surface area contributed by atoms with Crippen molar-refractivity contribution >= 4 is 11.8 Å². The molecular weight excluding hydrogens is 360 g/mol. The van der Waals surface area contributed by atoms with Crippen LogP contribution in [0, 0.1) is 6.92 Å². The van der Waals surface area contributed by atoms with E-state index in [2.05, 4.69) is 36.9 Å². The highest BCUT2D eigenvalue weighted by molar-refractivity contribution is 7.98. The van der Waals surface area contributed by atoms with Crippen molar-refractivity contribution in [1.29, 1.82) is 0 Å². The predicted molar refractivity (Wildman–Crippen MR) is 103 cm³/mol. The molecule has 0 aliphatic rings. The number of nitrogens with zero attached hydrogens (tertiary/aromatic N) is 6. The van der Waals surface area contributed by atoms with Crippen molar-refractivity contribution in [1.82, 2.24) is 29.9 Å². The minimum absolute atomic E-state index is 0.531. The van der Waals surface area contributed by atoms with E-state index in [1.807, 2.05) is 43.3 Å². The van der Waals surface area contributed by atoms with Crippen molar-refractivity contribution < 1.29 is 4.42 Å². The zero-order valence-corrected chi connectivity index (χ0v) is 15.8. The van der Waals surface area contributed by atoms with E-state index in [9.17, 15) is 0 Å². The second-order valence-electron chi connectivity index (χ2n) is 5.95. The fourth-order valence-electron chi connectivity index (χ4n) is 2.73. The number of hydrogen-bond donors (Lipinski definition) is 0. The summed E-state index contributed by atoms with van der Waals surface area (Å²) in [4.78, 5) is 4.05. The van der Waals surface area contributed by atoms with E-state index >= 15 is 0 Å². The molecule has 27 heavy (non-hydrogen) atoms. The van der Waals surface area contributed by atoms with Crippen LogP contribution in [-0.2, 0) is 12.3 Å². The van der Waals surface area contributed by atoms with Crippen molar-refractivity contribution in [2.45, 2.75) is 31.3 Å². The minimum atomic E-state index is 0.531. The Morgan fingerprint density at radius 1 is 1.00 bits per heavy atom. The third kappa shape index (κ3) is 3.75. The maximum Gasteiger partial charge on any atom is 0.247 e. The maximum atomic E-state index is 5.80. The molecule has 8 heteroatoms. The zero-order valence-electron chi connectivity index (χ0n) is 15.0. The molecule has 4 aromatic rings. The van der Waals surface area contributed by atoms with Gasteiger partial charge in [0.15, 0.2) is 11.0 Å². The minimum Gasteiger partial charge on any atom is -0.420 e. The molecule has 4 rings (SSSR count). The van der Waals surface area contributed by atoms with Gasteiger partial charge >= 0.3 is 0 Å². The molecule has 0 saturated carbocycles. The first-order valence-corrected chi connectivity index (χ1v) is 9.59. The summed E-state index contributed by atoms with van der Waals surface area (Å²) in [5, 5.41) is 17.8. The molecule has 0 aliphatic carbocycles. The summed E-state index contributed by atoms with van der Waals surface area (Å²) in [6.45, 7) is 4.88. The Bertz CT molecular complexity index is 1040. The first kappa shape index (κ1) is 17.4. The third-order valence-electron chi connectivity index (χ3n) is 4.03. The predicted octanol–water partition coefficient (Wildman–Crippen LogP) is 4.01. The second-order valence-corrected chi connectivity index (χ2v) is 6.89. The topological polar surface area (TPSA) is 82.5 Å². The largest absolute Gasteiger partial charge is 0.420 e. The van der Waals surface area contributed by atoms with Gasteiger partial charge < -0.3 is 8.98 Å². The zero-order chi connectivity index (χ0) is 18.6. The number of benzene rings is 1. The first-order valence-electron chi connectivity index (χ1n) is 8.60. The lowest BCUT2D eigenvalue weighted by Crippen LogP contribution is -2.00. The summed E-state index contributed by atoms with van der Waals surface area (Å²) in [6.07, 6.45) is 3.50. The van der Waals surface area contributed by atoms with Gasteiger partial charge in [-0.25, -0.2) is 0 Å². The molecule has 0 atom stereocenters. The monoisotopic (exact) mass is 378 g/mol. The molecule has 0 amide bonds. The standard InChI is InChI=1S/C19H18N6OS/c1-3-25-17(14-7-9-20-10-8-14)22-24-19(25)27-12-16-21-23-18(26-16)15-6-4-5-13(2)11-15/h4-11H,3,12H2,1-2H3. The molecule has 0 saturated heterocycles. The first-order chi connectivity index (χ1) is 13.2. The van der Waals surface area contributed by atoms with Gasteiger partial charge in [0.05, 0.1) is 5.75 Å². The van der Waals surface area contributed by atoms with Crippen molar-refractivity contribution in [2.75, 3.05) is 0 Å². The lowest BCUT2D eigenvalue weighted by atomic mass is 10.1. The number of hydrogen-bond acceptors (Lipinski definition) is 7. The van der Waals surface area contributed by atoms with Crippen LogP contribution in [0.1, 0.15) is 18.4 Å². The van der Waals surface area contributed by atoms with Crippen LogP contribution in [0.5, 0.6) is 0 Å². The van der Waals surface area contributed by atoms with E-state index < -0.39 is 0 Å². The molecule has 0 N–H and O–H groups in total. The molecule has 1 aromatic carbocycles. The van der Waals surface area contributed by atoms with Crippen LogP contribution in [0.25, 0.3) is 22.8 Å². The van der Waals surface area contributed by atoms with E-state index in [0.29, 0.717) is 17.5 Å². The van der Waals surface area contributed by atoms with Crippen molar-refractivity contribution in [3.05, 3.63) is 60.2 Å². The van der Waals surface area contributed by atoms with E-state index in [-0.39, 0.29) is 0 Å².